The number of hydrogen-bond donors (Lipinski definition) is 1. The van der Waals surface area contributed by atoms with Crippen LogP contribution in [0.3, 0.4) is 0 Å². The van der Waals surface area contributed by atoms with Gasteiger partial charge in [0.1, 0.15) is 0 Å². The lowest BCUT2D eigenvalue weighted by Gasteiger charge is -2.42. The molecule has 2 aromatic carbocycles. The largest absolute Gasteiger partial charge is 0.306 e. The van der Waals surface area contributed by atoms with Gasteiger partial charge in [0.15, 0.2) is 0 Å². The fourth-order valence-corrected chi connectivity index (χ4v) is 5.79. The molecule has 1 aliphatic carbocycles. The topological polar surface area (TPSA) is 15.3 Å². The van der Waals surface area contributed by atoms with Crippen molar-refractivity contribution in [1.82, 2.24) is 10.2 Å². The number of fused-ring (bicyclic) bond motifs is 3. The van der Waals surface area contributed by atoms with E-state index in [4.69, 9.17) is 0 Å². The molecule has 1 saturated heterocycles. The highest BCUT2D eigenvalue weighted by molar-refractivity contribution is 5.40. The Morgan fingerprint density at radius 2 is 1.69 bits per heavy atom. The summed E-state index contributed by atoms with van der Waals surface area (Å²) >= 11 is 0. The number of hydrogen-bond acceptors (Lipinski definition) is 2. The molecule has 2 atom stereocenters. The zero-order valence-corrected chi connectivity index (χ0v) is 15.9. The van der Waals surface area contributed by atoms with Crippen molar-refractivity contribution in [2.45, 2.75) is 56.5 Å². The summed E-state index contributed by atoms with van der Waals surface area (Å²) in [4.78, 5) is 2.71. The summed E-state index contributed by atoms with van der Waals surface area (Å²) in [6, 6.07) is 19.2. The number of piperidine rings is 1. The van der Waals surface area contributed by atoms with Crippen LogP contribution in [0.4, 0.5) is 0 Å². The maximum absolute atomic E-state index is 3.85. The van der Waals surface area contributed by atoms with E-state index in [1.54, 1.807) is 16.7 Å². The second-order valence-corrected chi connectivity index (χ2v) is 8.73. The lowest BCUT2D eigenvalue weighted by Crippen LogP contribution is -2.50. The molecule has 0 aromatic heterocycles. The molecule has 0 bridgehead atoms. The average Bonchev–Trinajstić information content (AvgIpc) is 3.03. The van der Waals surface area contributed by atoms with Crippen molar-refractivity contribution in [3.05, 3.63) is 70.8 Å². The molecule has 0 radical (unpaired) electrons. The highest BCUT2D eigenvalue weighted by Gasteiger charge is 2.41. The third-order valence-electron chi connectivity index (χ3n) is 7.23. The molecule has 2 nitrogen and oxygen atoms in total. The molecule has 2 heteroatoms. The summed E-state index contributed by atoms with van der Waals surface area (Å²) < 4.78 is 0. The van der Waals surface area contributed by atoms with Gasteiger partial charge >= 0.3 is 0 Å². The first-order valence-electron chi connectivity index (χ1n) is 10.4. The van der Waals surface area contributed by atoms with Gasteiger partial charge < -0.3 is 10.2 Å². The summed E-state index contributed by atoms with van der Waals surface area (Å²) in [7, 11) is 0. The zero-order chi connectivity index (χ0) is 17.6. The van der Waals surface area contributed by atoms with Gasteiger partial charge in [-0.1, -0.05) is 48.5 Å². The quantitative estimate of drug-likeness (QED) is 0.875. The van der Waals surface area contributed by atoms with Crippen LogP contribution in [-0.4, -0.2) is 30.6 Å². The molecule has 0 saturated carbocycles. The molecular formula is C24H30N2. The molecular weight excluding hydrogens is 316 g/mol. The van der Waals surface area contributed by atoms with Gasteiger partial charge in [0, 0.05) is 18.6 Å². The van der Waals surface area contributed by atoms with Crippen LogP contribution in [0.1, 0.15) is 54.5 Å². The summed E-state index contributed by atoms with van der Waals surface area (Å²) in [5.74, 6) is 0. The average molecular weight is 347 g/mol. The van der Waals surface area contributed by atoms with Gasteiger partial charge in [-0.25, -0.2) is 0 Å². The van der Waals surface area contributed by atoms with Crippen LogP contribution in [0.2, 0.25) is 0 Å². The summed E-state index contributed by atoms with van der Waals surface area (Å²) in [5.41, 5.74) is 6.79. The first-order chi connectivity index (χ1) is 12.7. The van der Waals surface area contributed by atoms with E-state index in [-0.39, 0.29) is 0 Å². The van der Waals surface area contributed by atoms with Crippen LogP contribution >= 0.6 is 0 Å². The fourth-order valence-electron chi connectivity index (χ4n) is 5.79. The second kappa shape index (κ2) is 6.51. The molecule has 2 aromatic rings. The van der Waals surface area contributed by atoms with Crippen molar-refractivity contribution in [2.75, 3.05) is 19.6 Å². The molecule has 26 heavy (non-hydrogen) atoms. The predicted molar refractivity (Wildman–Crippen MR) is 108 cm³/mol. The Bertz CT molecular complexity index is 788. The van der Waals surface area contributed by atoms with Crippen molar-refractivity contribution in [3.63, 3.8) is 0 Å². The van der Waals surface area contributed by atoms with Gasteiger partial charge in [-0.2, -0.15) is 0 Å². The fraction of sp³-hybridized carbons (Fsp3) is 0.500. The zero-order valence-electron chi connectivity index (χ0n) is 15.9. The molecule has 2 unspecified atom stereocenters. The molecule has 2 heterocycles. The highest BCUT2D eigenvalue weighted by atomic mass is 15.2. The van der Waals surface area contributed by atoms with Crippen LogP contribution in [0.5, 0.6) is 0 Å². The Labute approximate surface area is 157 Å². The summed E-state index contributed by atoms with van der Waals surface area (Å²) in [6.07, 6.45) is 6.50. The molecule has 5 rings (SSSR count). The number of nitrogens with zero attached hydrogens (tertiary/aromatic N) is 1. The molecule has 3 aliphatic rings. The van der Waals surface area contributed by atoms with E-state index < -0.39 is 0 Å². The minimum atomic E-state index is 0.475. The van der Waals surface area contributed by atoms with Crippen LogP contribution < -0.4 is 5.32 Å². The summed E-state index contributed by atoms with van der Waals surface area (Å²) in [6.45, 7) is 6.01. The smallest absolute Gasteiger partial charge is 0.0297 e. The lowest BCUT2D eigenvalue weighted by atomic mass is 9.74. The number of rotatable bonds is 2. The SMILES string of the molecule is CC1NC(CN2CCC3(CCc4ccccc43)CC2)Cc2ccccc21. The minimum absolute atomic E-state index is 0.475. The van der Waals surface area contributed by atoms with E-state index in [1.165, 1.54) is 57.3 Å². The Hall–Kier alpha value is -1.64. The lowest BCUT2D eigenvalue weighted by molar-refractivity contribution is 0.141. The van der Waals surface area contributed by atoms with E-state index in [0.29, 0.717) is 17.5 Å². The summed E-state index contributed by atoms with van der Waals surface area (Å²) in [5, 5.41) is 3.85. The Morgan fingerprint density at radius 3 is 2.54 bits per heavy atom. The van der Waals surface area contributed by atoms with E-state index in [2.05, 4.69) is 65.7 Å². The van der Waals surface area contributed by atoms with Crippen LogP contribution in [-0.2, 0) is 18.3 Å². The van der Waals surface area contributed by atoms with Crippen LogP contribution in [0, 0.1) is 0 Å². The van der Waals surface area contributed by atoms with E-state index in [1.807, 2.05) is 0 Å². The van der Waals surface area contributed by atoms with Gasteiger partial charge in [-0.3, -0.25) is 0 Å². The van der Waals surface area contributed by atoms with E-state index in [0.717, 1.165) is 0 Å². The Morgan fingerprint density at radius 1 is 0.962 bits per heavy atom. The molecule has 1 N–H and O–H groups in total. The number of aryl methyl sites for hydroxylation is 1. The molecule has 1 spiro atoms. The van der Waals surface area contributed by atoms with Gasteiger partial charge in [0.05, 0.1) is 0 Å². The predicted octanol–water partition coefficient (Wildman–Crippen LogP) is 4.24. The third-order valence-corrected chi connectivity index (χ3v) is 7.23. The van der Waals surface area contributed by atoms with Crippen molar-refractivity contribution >= 4 is 0 Å². The first kappa shape index (κ1) is 16.5. The molecule has 136 valence electrons. The first-order valence-corrected chi connectivity index (χ1v) is 10.4. The number of nitrogens with one attached hydrogen (secondary N) is 1. The standard InChI is InChI=1S/C24H30N2/c1-18-22-8-4-2-7-20(22)16-21(25-18)17-26-14-12-24(13-15-26)11-10-19-6-3-5-9-23(19)24/h2-9,18,21,25H,10-17H2,1H3. The minimum Gasteiger partial charge on any atom is -0.306 e. The van der Waals surface area contributed by atoms with Gasteiger partial charge in [0.25, 0.3) is 0 Å². The molecule has 1 fully saturated rings. The van der Waals surface area contributed by atoms with Crippen LogP contribution in [0.25, 0.3) is 0 Å². The Kier molecular flexibility index (Phi) is 4.14. The van der Waals surface area contributed by atoms with Crippen LogP contribution in [0.15, 0.2) is 48.5 Å². The van der Waals surface area contributed by atoms with Gasteiger partial charge in [0.2, 0.25) is 0 Å². The van der Waals surface area contributed by atoms with E-state index in [9.17, 15) is 0 Å². The Balaban J connectivity index is 1.24. The molecule has 2 aliphatic heterocycles. The molecule has 0 amide bonds. The van der Waals surface area contributed by atoms with E-state index >= 15 is 0 Å². The van der Waals surface area contributed by atoms with Crippen molar-refractivity contribution in [1.29, 1.82) is 0 Å². The van der Waals surface area contributed by atoms with Gasteiger partial charge in [-0.05, 0) is 79.8 Å². The van der Waals surface area contributed by atoms with Crippen molar-refractivity contribution in [2.24, 2.45) is 0 Å². The maximum atomic E-state index is 3.85. The van der Waals surface area contributed by atoms with Gasteiger partial charge in [-0.15, -0.1) is 0 Å². The van der Waals surface area contributed by atoms with Crippen molar-refractivity contribution < 1.29 is 0 Å². The normalized spacial score (nSPS) is 27.3. The second-order valence-electron chi connectivity index (χ2n) is 8.73. The monoisotopic (exact) mass is 346 g/mol. The third kappa shape index (κ3) is 2.80. The maximum Gasteiger partial charge on any atom is 0.0297 e. The van der Waals surface area contributed by atoms with Crippen molar-refractivity contribution in [3.8, 4) is 0 Å². The number of likely N-dealkylation sites (tertiary alicyclic amines) is 1. The highest BCUT2D eigenvalue weighted by Crippen LogP contribution is 2.46. The number of benzene rings is 2.